The third kappa shape index (κ3) is 2.80. The van der Waals surface area contributed by atoms with E-state index in [0.717, 1.165) is 11.5 Å². The molecule has 0 bridgehead atoms. The molecule has 0 aliphatic carbocycles. The van der Waals surface area contributed by atoms with Gasteiger partial charge in [-0.1, -0.05) is 22.2 Å². The van der Waals surface area contributed by atoms with Crippen molar-refractivity contribution in [2.75, 3.05) is 0 Å². The summed E-state index contributed by atoms with van der Waals surface area (Å²) in [6, 6.07) is 4.14. The fourth-order valence-electron chi connectivity index (χ4n) is 1.53. The van der Waals surface area contributed by atoms with E-state index in [2.05, 4.69) is 9.59 Å². The summed E-state index contributed by atoms with van der Waals surface area (Å²) in [5.41, 5.74) is 1.41. The predicted octanol–water partition coefficient (Wildman–Crippen LogP) is 2.92. The van der Waals surface area contributed by atoms with Gasteiger partial charge in [-0.2, -0.15) is 0 Å². The topological polar surface area (TPSA) is 46.0 Å². The highest BCUT2D eigenvalue weighted by Crippen LogP contribution is 2.27. The first kappa shape index (κ1) is 12.4. The maximum Gasteiger partial charge on any atom is 0.124 e. The van der Waals surface area contributed by atoms with E-state index in [4.69, 9.17) is 11.6 Å². The second-order valence-electron chi connectivity index (χ2n) is 3.68. The Morgan fingerprint density at radius 2 is 2.29 bits per heavy atom. The Balaban J connectivity index is 2.19. The molecule has 0 spiro atoms. The summed E-state index contributed by atoms with van der Waals surface area (Å²) in [5, 5.41) is 14.2. The Labute approximate surface area is 107 Å². The van der Waals surface area contributed by atoms with E-state index in [9.17, 15) is 9.50 Å². The van der Waals surface area contributed by atoms with Crippen LogP contribution >= 0.6 is 23.1 Å². The monoisotopic (exact) mass is 272 g/mol. The number of halogens is 2. The van der Waals surface area contributed by atoms with Gasteiger partial charge in [0, 0.05) is 11.4 Å². The SMILES string of the molecule is Cc1nnsc1C(O)Cc1ccc(F)cc1Cl. The highest BCUT2D eigenvalue weighted by molar-refractivity contribution is 7.05. The summed E-state index contributed by atoms with van der Waals surface area (Å²) < 4.78 is 16.6. The largest absolute Gasteiger partial charge is 0.387 e. The van der Waals surface area contributed by atoms with Crippen LogP contribution in [-0.2, 0) is 6.42 Å². The summed E-state index contributed by atoms with van der Waals surface area (Å²) >= 11 is 7.05. The lowest BCUT2D eigenvalue weighted by Gasteiger charge is -2.10. The van der Waals surface area contributed by atoms with Gasteiger partial charge in [-0.05, 0) is 36.2 Å². The Bertz CT molecular complexity index is 532. The Morgan fingerprint density at radius 1 is 1.53 bits per heavy atom. The highest BCUT2D eigenvalue weighted by Gasteiger charge is 2.16. The zero-order valence-electron chi connectivity index (χ0n) is 9.02. The third-order valence-corrected chi connectivity index (χ3v) is 3.70. The van der Waals surface area contributed by atoms with Crippen LogP contribution < -0.4 is 0 Å². The smallest absolute Gasteiger partial charge is 0.124 e. The fraction of sp³-hybridized carbons (Fsp3) is 0.273. The number of aliphatic hydroxyl groups is 1. The second-order valence-corrected chi connectivity index (χ2v) is 4.87. The predicted molar refractivity (Wildman–Crippen MR) is 64.7 cm³/mol. The van der Waals surface area contributed by atoms with Crippen molar-refractivity contribution in [3.8, 4) is 0 Å². The van der Waals surface area contributed by atoms with Crippen molar-refractivity contribution in [2.45, 2.75) is 19.4 Å². The molecule has 6 heteroatoms. The summed E-state index contributed by atoms with van der Waals surface area (Å²) in [7, 11) is 0. The van der Waals surface area contributed by atoms with E-state index in [1.54, 1.807) is 13.0 Å². The van der Waals surface area contributed by atoms with Crippen LogP contribution in [0.5, 0.6) is 0 Å². The van der Waals surface area contributed by atoms with E-state index >= 15 is 0 Å². The molecule has 2 rings (SSSR count). The number of nitrogens with zero attached hydrogens (tertiary/aromatic N) is 2. The zero-order chi connectivity index (χ0) is 12.4. The van der Waals surface area contributed by atoms with E-state index < -0.39 is 6.10 Å². The van der Waals surface area contributed by atoms with Crippen LogP contribution in [0.15, 0.2) is 18.2 Å². The average Bonchev–Trinajstić information content (AvgIpc) is 2.68. The first-order valence-corrected chi connectivity index (χ1v) is 6.14. The van der Waals surface area contributed by atoms with Crippen molar-refractivity contribution in [3.63, 3.8) is 0 Å². The zero-order valence-corrected chi connectivity index (χ0v) is 10.6. The van der Waals surface area contributed by atoms with Gasteiger partial charge in [-0.25, -0.2) is 4.39 Å². The summed E-state index contributed by atoms with van der Waals surface area (Å²) in [4.78, 5) is 0.713. The Morgan fingerprint density at radius 3 is 2.88 bits per heavy atom. The van der Waals surface area contributed by atoms with Gasteiger partial charge in [0.1, 0.15) is 5.82 Å². The van der Waals surface area contributed by atoms with Crippen LogP contribution in [-0.4, -0.2) is 14.7 Å². The molecule has 1 aromatic heterocycles. The molecule has 90 valence electrons. The Hall–Kier alpha value is -1.04. The standard InChI is InChI=1S/C11H10ClFN2OS/c1-6-11(17-15-14-6)10(16)4-7-2-3-8(13)5-9(7)12/h2-3,5,10,16H,4H2,1H3. The van der Waals surface area contributed by atoms with E-state index in [1.165, 1.54) is 12.1 Å². The van der Waals surface area contributed by atoms with Gasteiger partial charge in [-0.15, -0.1) is 5.10 Å². The molecule has 0 saturated carbocycles. The molecule has 0 radical (unpaired) electrons. The van der Waals surface area contributed by atoms with Gasteiger partial charge in [0.2, 0.25) is 0 Å². The molecule has 17 heavy (non-hydrogen) atoms. The number of aliphatic hydroxyl groups excluding tert-OH is 1. The number of benzene rings is 1. The van der Waals surface area contributed by atoms with Crippen LogP contribution in [0.2, 0.25) is 5.02 Å². The average molecular weight is 273 g/mol. The van der Waals surface area contributed by atoms with Gasteiger partial charge >= 0.3 is 0 Å². The lowest BCUT2D eigenvalue weighted by Crippen LogP contribution is -2.02. The lowest BCUT2D eigenvalue weighted by atomic mass is 10.1. The molecule has 3 nitrogen and oxygen atoms in total. The number of aryl methyl sites for hydroxylation is 1. The molecule has 1 aromatic carbocycles. The van der Waals surface area contributed by atoms with Gasteiger partial charge in [0.25, 0.3) is 0 Å². The van der Waals surface area contributed by atoms with Crippen LogP contribution in [0.3, 0.4) is 0 Å². The van der Waals surface area contributed by atoms with Crippen LogP contribution in [0, 0.1) is 12.7 Å². The molecule has 1 heterocycles. The molecule has 0 aliphatic rings. The van der Waals surface area contributed by atoms with Gasteiger partial charge < -0.3 is 5.11 Å². The fourth-order valence-corrected chi connectivity index (χ4v) is 2.40. The minimum absolute atomic E-state index is 0.319. The molecule has 1 N–H and O–H groups in total. The first-order chi connectivity index (χ1) is 8.08. The molecule has 1 atom stereocenters. The van der Waals surface area contributed by atoms with Crippen LogP contribution in [0.1, 0.15) is 22.2 Å². The van der Waals surface area contributed by atoms with Crippen molar-refractivity contribution in [3.05, 3.63) is 45.2 Å². The summed E-state index contributed by atoms with van der Waals surface area (Å²) in [5.74, 6) is -0.385. The maximum absolute atomic E-state index is 12.9. The van der Waals surface area contributed by atoms with Crippen molar-refractivity contribution < 1.29 is 9.50 Å². The van der Waals surface area contributed by atoms with E-state index in [1.807, 2.05) is 0 Å². The highest BCUT2D eigenvalue weighted by atomic mass is 35.5. The van der Waals surface area contributed by atoms with Crippen LogP contribution in [0.4, 0.5) is 4.39 Å². The van der Waals surface area contributed by atoms with Crippen molar-refractivity contribution >= 4 is 23.1 Å². The Kier molecular flexibility index (Phi) is 3.71. The normalized spacial score (nSPS) is 12.7. The molecule has 2 aromatic rings. The van der Waals surface area contributed by atoms with Crippen LogP contribution in [0.25, 0.3) is 0 Å². The molecular weight excluding hydrogens is 263 g/mol. The van der Waals surface area contributed by atoms with Gasteiger partial charge in [0.05, 0.1) is 16.7 Å². The molecule has 1 unspecified atom stereocenters. The quantitative estimate of drug-likeness (QED) is 0.934. The molecule has 0 fully saturated rings. The lowest BCUT2D eigenvalue weighted by molar-refractivity contribution is 0.181. The minimum Gasteiger partial charge on any atom is -0.387 e. The van der Waals surface area contributed by atoms with Gasteiger partial charge in [-0.3, -0.25) is 0 Å². The third-order valence-electron chi connectivity index (χ3n) is 2.42. The number of hydrogen-bond donors (Lipinski definition) is 1. The minimum atomic E-state index is -0.710. The van der Waals surface area contributed by atoms with Crippen molar-refractivity contribution in [2.24, 2.45) is 0 Å². The summed E-state index contributed by atoms with van der Waals surface area (Å²) in [6.45, 7) is 1.79. The molecular formula is C11H10ClFN2OS. The van der Waals surface area contributed by atoms with Crippen molar-refractivity contribution in [1.82, 2.24) is 9.59 Å². The van der Waals surface area contributed by atoms with Gasteiger partial charge in [0.15, 0.2) is 0 Å². The van der Waals surface area contributed by atoms with Crippen molar-refractivity contribution in [1.29, 1.82) is 0 Å². The molecule has 0 aliphatic heterocycles. The second kappa shape index (κ2) is 5.08. The number of aromatic nitrogens is 2. The van der Waals surface area contributed by atoms with E-state index in [-0.39, 0.29) is 5.82 Å². The number of rotatable bonds is 3. The molecule has 0 amide bonds. The summed E-state index contributed by atoms with van der Waals surface area (Å²) in [6.07, 6.45) is -0.387. The first-order valence-electron chi connectivity index (χ1n) is 4.98. The molecule has 0 saturated heterocycles. The van der Waals surface area contributed by atoms with E-state index in [0.29, 0.717) is 27.6 Å². The number of hydrogen-bond acceptors (Lipinski definition) is 4. The maximum atomic E-state index is 12.9.